The molecule has 0 bridgehead atoms. The first-order valence-electron chi connectivity index (χ1n) is 7.26. The van der Waals surface area contributed by atoms with Gasteiger partial charge in [-0.05, 0) is 42.8 Å². The Kier molecular flexibility index (Phi) is 5.39. The van der Waals surface area contributed by atoms with Crippen molar-refractivity contribution in [3.8, 4) is 5.75 Å². The highest BCUT2D eigenvalue weighted by atomic mass is 32.2. The molecule has 0 spiro atoms. The highest BCUT2D eigenvalue weighted by Gasteiger charge is 2.38. The smallest absolute Gasteiger partial charge is 0.378 e. The zero-order valence-electron chi connectivity index (χ0n) is 13.9. The Labute approximate surface area is 154 Å². The maximum atomic E-state index is 12.9. The van der Waals surface area contributed by atoms with Crippen molar-refractivity contribution in [2.45, 2.75) is 24.2 Å². The molecule has 2 aromatic rings. The molecule has 28 heavy (non-hydrogen) atoms. The van der Waals surface area contributed by atoms with Gasteiger partial charge in [0.05, 0.1) is 16.7 Å². The predicted molar refractivity (Wildman–Crippen MR) is 84.0 cm³/mol. The van der Waals surface area contributed by atoms with Crippen LogP contribution in [0.2, 0.25) is 0 Å². The number of hydrogen-bond acceptors (Lipinski definition) is 4. The first kappa shape index (κ1) is 21.5. The summed E-state index contributed by atoms with van der Waals surface area (Å²) in [5, 5.41) is 0. The zero-order valence-corrected chi connectivity index (χ0v) is 14.7. The summed E-state index contributed by atoms with van der Waals surface area (Å²) < 4.78 is 107. The van der Waals surface area contributed by atoms with Crippen molar-refractivity contribution in [3.05, 3.63) is 58.7 Å². The predicted octanol–water partition coefficient (Wildman–Crippen LogP) is 3.90. The third-order valence-electron chi connectivity index (χ3n) is 3.45. The molecule has 1 amide bonds. The van der Waals surface area contributed by atoms with Crippen LogP contribution >= 0.6 is 0 Å². The van der Waals surface area contributed by atoms with Crippen molar-refractivity contribution >= 4 is 16.0 Å². The number of hydrogen-bond donors (Lipinski definition) is 1. The van der Waals surface area contributed by atoms with E-state index in [0.717, 1.165) is 12.1 Å². The van der Waals surface area contributed by atoms with E-state index in [0.29, 0.717) is 5.56 Å². The molecule has 2 N–H and O–H groups in total. The second-order valence-corrected chi connectivity index (χ2v) is 7.19. The minimum absolute atomic E-state index is 0.00428. The zero-order chi connectivity index (χ0) is 21.5. The lowest BCUT2D eigenvalue weighted by Crippen LogP contribution is -2.18. The molecule has 0 aliphatic heterocycles. The van der Waals surface area contributed by atoms with E-state index < -0.39 is 55.7 Å². The summed E-state index contributed by atoms with van der Waals surface area (Å²) in [5.41, 5.74) is 1.39. The molecule has 0 aliphatic carbocycles. The van der Waals surface area contributed by atoms with Gasteiger partial charge in [-0.2, -0.15) is 34.8 Å². The molecular weight excluding hydrogens is 416 g/mol. The Bertz CT molecular complexity index is 996. The van der Waals surface area contributed by atoms with Crippen molar-refractivity contribution < 1.29 is 43.7 Å². The highest BCUT2D eigenvalue weighted by molar-refractivity contribution is 7.87. The first-order valence-corrected chi connectivity index (χ1v) is 8.66. The maximum absolute atomic E-state index is 12.9. The molecule has 0 aromatic heterocycles. The standard InChI is InChI=1S/C16H11F6NO4S/c1-8-2-3-12(14(23)24)13(4-8)27-28(25,26)11-6-9(15(17,18)19)5-10(7-11)16(20,21)22/h2-7H,1H3,(H2,23,24). The molecule has 2 aromatic carbocycles. The summed E-state index contributed by atoms with van der Waals surface area (Å²) in [6, 6.07) is 3.33. The molecule has 0 unspecified atom stereocenters. The van der Waals surface area contributed by atoms with E-state index in [1.54, 1.807) is 0 Å². The van der Waals surface area contributed by atoms with Crippen LogP contribution in [-0.4, -0.2) is 14.3 Å². The van der Waals surface area contributed by atoms with Gasteiger partial charge < -0.3 is 9.92 Å². The van der Waals surface area contributed by atoms with Crippen LogP contribution in [-0.2, 0) is 22.5 Å². The van der Waals surface area contributed by atoms with Gasteiger partial charge in [-0.15, -0.1) is 0 Å². The number of aryl methyl sites for hydroxylation is 1. The summed E-state index contributed by atoms with van der Waals surface area (Å²) >= 11 is 0. The number of carbonyl (C=O) groups is 1. The van der Waals surface area contributed by atoms with Gasteiger partial charge in [0.1, 0.15) is 4.90 Å². The molecule has 0 heterocycles. The van der Waals surface area contributed by atoms with E-state index in [-0.39, 0.29) is 18.2 Å². The molecule has 5 nitrogen and oxygen atoms in total. The Morgan fingerprint density at radius 1 is 0.929 bits per heavy atom. The van der Waals surface area contributed by atoms with Crippen molar-refractivity contribution in [1.29, 1.82) is 0 Å². The van der Waals surface area contributed by atoms with Gasteiger partial charge in [0.2, 0.25) is 0 Å². The molecule has 0 atom stereocenters. The molecule has 0 fully saturated rings. The fraction of sp³-hybridized carbons (Fsp3) is 0.188. The second-order valence-electron chi connectivity index (χ2n) is 5.64. The third-order valence-corrected chi connectivity index (χ3v) is 4.66. The molecule has 0 saturated carbocycles. The fourth-order valence-corrected chi connectivity index (χ4v) is 3.15. The van der Waals surface area contributed by atoms with Gasteiger partial charge >= 0.3 is 22.5 Å². The summed E-state index contributed by atoms with van der Waals surface area (Å²) in [4.78, 5) is 9.99. The summed E-state index contributed by atoms with van der Waals surface area (Å²) in [6.07, 6.45) is -10.5. The van der Waals surface area contributed by atoms with Crippen molar-refractivity contribution in [1.82, 2.24) is 0 Å². The fourth-order valence-electron chi connectivity index (χ4n) is 2.14. The van der Waals surface area contributed by atoms with Gasteiger partial charge in [-0.25, -0.2) is 0 Å². The Morgan fingerprint density at radius 3 is 1.86 bits per heavy atom. The van der Waals surface area contributed by atoms with E-state index in [1.807, 2.05) is 0 Å². The van der Waals surface area contributed by atoms with Crippen molar-refractivity contribution in [3.63, 3.8) is 0 Å². The lowest BCUT2D eigenvalue weighted by molar-refractivity contribution is -0.143. The minimum atomic E-state index is -5.24. The molecular formula is C16H11F6NO4S. The van der Waals surface area contributed by atoms with Crippen LogP contribution in [0.3, 0.4) is 0 Å². The van der Waals surface area contributed by atoms with Crippen LogP contribution in [0.4, 0.5) is 26.3 Å². The van der Waals surface area contributed by atoms with Crippen LogP contribution in [0.25, 0.3) is 0 Å². The van der Waals surface area contributed by atoms with Crippen LogP contribution in [0.1, 0.15) is 27.0 Å². The van der Waals surface area contributed by atoms with Crippen LogP contribution in [0, 0.1) is 6.92 Å². The van der Waals surface area contributed by atoms with Crippen LogP contribution in [0.5, 0.6) is 5.75 Å². The highest BCUT2D eigenvalue weighted by Crippen LogP contribution is 2.38. The van der Waals surface area contributed by atoms with Gasteiger partial charge in [0.15, 0.2) is 5.75 Å². The van der Waals surface area contributed by atoms with Crippen LogP contribution in [0.15, 0.2) is 41.3 Å². The third kappa shape index (κ3) is 4.74. The van der Waals surface area contributed by atoms with Gasteiger partial charge in [0, 0.05) is 0 Å². The molecule has 152 valence electrons. The topological polar surface area (TPSA) is 86.5 Å². The number of rotatable bonds is 4. The molecule has 0 aliphatic rings. The average molecular weight is 427 g/mol. The second kappa shape index (κ2) is 7.00. The van der Waals surface area contributed by atoms with Crippen molar-refractivity contribution in [2.75, 3.05) is 0 Å². The van der Waals surface area contributed by atoms with E-state index in [1.165, 1.54) is 13.0 Å². The largest absolute Gasteiger partial charge is 0.416 e. The lowest BCUT2D eigenvalue weighted by Gasteiger charge is -2.15. The van der Waals surface area contributed by atoms with E-state index in [9.17, 15) is 39.6 Å². The van der Waals surface area contributed by atoms with E-state index >= 15 is 0 Å². The van der Waals surface area contributed by atoms with Gasteiger partial charge in [-0.1, -0.05) is 6.07 Å². The quantitative estimate of drug-likeness (QED) is 0.592. The van der Waals surface area contributed by atoms with Crippen molar-refractivity contribution in [2.24, 2.45) is 5.73 Å². The summed E-state index contributed by atoms with van der Waals surface area (Å²) in [7, 11) is -5.16. The Morgan fingerprint density at radius 2 is 1.43 bits per heavy atom. The number of benzene rings is 2. The van der Waals surface area contributed by atoms with Gasteiger partial charge in [-0.3, -0.25) is 4.79 Å². The Hall–Kier alpha value is -2.76. The Balaban J connectivity index is 2.64. The number of nitrogens with two attached hydrogens (primary N) is 1. The number of amides is 1. The molecule has 0 radical (unpaired) electrons. The monoisotopic (exact) mass is 427 g/mol. The number of primary amides is 1. The van der Waals surface area contributed by atoms with Gasteiger partial charge in [0.25, 0.3) is 5.91 Å². The molecule has 0 saturated heterocycles. The molecule has 12 heteroatoms. The van der Waals surface area contributed by atoms with E-state index in [2.05, 4.69) is 4.18 Å². The normalized spacial score (nSPS) is 12.7. The first-order chi connectivity index (χ1) is 12.6. The van der Waals surface area contributed by atoms with Crippen LogP contribution < -0.4 is 9.92 Å². The summed E-state index contributed by atoms with van der Waals surface area (Å²) in [5.74, 6) is -1.73. The maximum Gasteiger partial charge on any atom is 0.416 e. The lowest BCUT2D eigenvalue weighted by atomic mass is 10.1. The van der Waals surface area contributed by atoms with E-state index in [4.69, 9.17) is 5.73 Å². The number of alkyl halides is 6. The molecule has 2 rings (SSSR count). The average Bonchev–Trinajstić information content (AvgIpc) is 2.52. The number of carbonyl (C=O) groups excluding carboxylic acids is 1. The number of halogens is 6. The SMILES string of the molecule is Cc1ccc(C(N)=O)c(OS(=O)(=O)c2cc(C(F)(F)F)cc(C(F)(F)F)c2)c1. The minimum Gasteiger partial charge on any atom is -0.378 e. The summed E-state index contributed by atoms with van der Waals surface area (Å²) in [6.45, 7) is 1.48.